The van der Waals surface area contributed by atoms with E-state index >= 15 is 0 Å². The maximum atomic E-state index is 2.37. The SMILES string of the molecule is CCCSc1cc(C)c(Sc2cc(C)c(SCCC)cc2C)cc1C. The van der Waals surface area contributed by atoms with Crippen molar-refractivity contribution in [1.29, 1.82) is 0 Å². The normalized spacial score (nSPS) is 11.1. The highest BCUT2D eigenvalue weighted by molar-refractivity contribution is 8.00. The fourth-order valence-electron chi connectivity index (χ4n) is 2.60. The van der Waals surface area contributed by atoms with Gasteiger partial charge < -0.3 is 0 Å². The van der Waals surface area contributed by atoms with Gasteiger partial charge in [0.2, 0.25) is 0 Å². The molecule has 0 heterocycles. The van der Waals surface area contributed by atoms with Crippen molar-refractivity contribution < 1.29 is 0 Å². The second kappa shape index (κ2) is 9.99. The molecule has 0 saturated heterocycles. The molecule has 2 aromatic carbocycles. The largest absolute Gasteiger partial charge is 0.126 e. The molecule has 0 bridgehead atoms. The topological polar surface area (TPSA) is 0 Å². The molecule has 0 atom stereocenters. The average Bonchev–Trinajstić information content (AvgIpc) is 2.58. The molecule has 2 aromatic rings. The molecule has 0 nitrogen and oxygen atoms in total. The van der Waals surface area contributed by atoms with Crippen molar-refractivity contribution in [3.63, 3.8) is 0 Å². The second-order valence-corrected chi connectivity index (χ2v) is 9.92. The highest BCUT2D eigenvalue weighted by atomic mass is 32.2. The van der Waals surface area contributed by atoms with Crippen LogP contribution in [-0.4, -0.2) is 11.5 Å². The molecule has 0 saturated carbocycles. The van der Waals surface area contributed by atoms with Crippen molar-refractivity contribution in [2.45, 2.75) is 74.0 Å². The Hall–Kier alpha value is -0.510. The van der Waals surface area contributed by atoms with Crippen molar-refractivity contribution in [2.75, 3.05) is 11.5 Å². The number of hydrogen-bond acceptors (Lipinski definition) is 3. The zero-order valence-electron chi connectivity index (χ0n) is 16.4. The van der Waals surface area contributed by atoms with Gasteiger partial charge in [-0.2, -0.15) is 0 Å². The maximum Gasteiger partial charge on any atom is 0.0155 e. The van der Waals surface area contributed by atoms with Crippen molar-refractivity contribution >= 4 is 35.3 Å². The van der Waals surface area contributed by atoms with Gasteiger partial charge in [-0.1, -0.05) is 25.6 Å². The quantitative estimate of drug-likeness (QED) is 0.418. The van der Waals surface area contributed by atoms with Gasteiger partial charge >= 0.3 is 0 Å². The molecular formula is C22H30S3. The predicted molar refractivity (Wildman–Crippen MR) is 118 cm³/mol. The first-order valence-corrected chi connectivity index (χ1v) is 11.9. The number of hydrogen-bond donors (Lipinski definition) is 0. The Kier molecular flexibility index (Phi) is 8.31. The van der Waals surface area contributed by atoms with Crippen LogP contribution in [-0.2, 0) is 0 Å². The number of benzene rings is 2. The first-order chi connectivity index (χ1) is 12.0. The smallest absolute Gasteiger partial charge is 0.0155 e. The molecule has 25 heavy (non-hydrogen) atoms. The Morgan fingerprint density at radius 2 is 0.880 bits per heavy atom. The van der Waals surface area contributed by atoms with E-state index in [1.54, 1.807) is 0 Å². The maximum absolute atomic E-state index is 2.37. The van der Waals surface area contributed by atoms with Gasteiger partial charge in [-0.3, -0.25) is 0 Å². The molecule has 136 valence electrons. The first kappa shape index (κ1) is 20.8. The molecule has 0 aliphatic carbocycles. The Morgan fingerprint density at radius 1 is 0.560 bits per heavy atom. The van der Waals surface area contributed by atoms with Crippen LogP contribution in [0.15, 0.2) is 43.8 Å². The minimum atomic E-state index is 1.20. The zero-order valence-corrected chi connectivity index (χ0v) is 18.8. The van der Waals surface area contributed by atoms with Crippen LogP contribution in [0, 0.1) is 27.7 Å². The van der Waals surface area contributed by atoms with Crippen LogP contribution in [0.3, 0.4) is 0 Å². The molecule has 0 N–H and O–H groups in total. The van der Waals surface area contributed by atoms with Gasteiger partial charge in [0.1, 0.15) is 0 Å². The summed E-state index contributed by atoms with van der Waals surface area (Å²) in [6, 6.07) is 9.47. The summed E-state index contributed by atoms with van der Waals surface area (Å²) in [5, 5.41) is 0. The third kappa shape index (κ3) is 5.74. The molecule has 0 unspecified atom stereocenters. The van der Waals surface area contributed by atoms with Gasteiger partial charge in [0.25, 0.3) is 0 Å². The van der Waals surface area contributed by atoms with E-state index in [0.717, 1.165) is 0 Å². The summed E-state index contributed by atoms with van der Waals surface area (Å²) < 4.78 is 0. The van der Waals surface area contributed by atoms with Crippen molar-refractivity contribution in [2.24, 2.45) is 0 Å². The van der Waals surface area contributed by atoms with Crippen molar-refractivity contribution in [3.05, 3.63) is 46.5 Å². The van der Waals surface area contributed by atoms with Crippen LogP contribution in [0.1, 0.15) is 48.9 Å². The summed E-state index contributed by atoms with van der Waals surface area (Å²) in [5.41, 5.74) is 5.57. The predicted octanol–water partition coefficient (Wildman–Crippen LogP) is 8.08. The monoisotopic (exact) mass is 390 g/mol. The van der Waals surface area contributed by atoms with Gasteiger partial charge in [0, 0.05) is 19.6 Å². The third-order valence-corrected chi connectivity index (χ3v) is 8.13. The summed E-state index contributed by atoms with van der Waals surface area (Å²) >= 11 is 5.87. The van der Waals surface area contributed by atoms with Crippen LogP contribution >= 0.6 is 35.3 Å². The van der Waals surface area contributed by atoms with E-state index in [-0.39, 0.29) is 0 Å². The molecular weight excluding hydrogens is 360 g/mol. The lowest BCUT2D eigenvalue weighted by molar-refractivity contribution is 1.09. The molecule has 3 heteroatoms. The molecule has 0 spiro atoms. The van der Waals surface area contributed by atoms with E-state index in [2.05, 4.69) is 65.8 Å². The molecule has 2 rings (SSSR count). The minimum absolute atomic E-state index is 1.20. The molecule has 0 fully saturated rings. The fourth-order valence-corrected chi connectivity index (χ4v) is 5.69. The zero-order chi connectivity index (χ0) is 18.4. The lowest BCUT2D eigenvalue weighted by Gasteiger charge is -2.15. The van der Waals surface area contributed by atoms with E-state index in [1.807, 2.05) is 35.3 Å². The van der Waals surface area contributed by atoms with Crippen LogP contribution in [0.25, 0.3) is 0 Å². The van der Waals surface area contributed by atoms with E-state index in [0.29, 0.717) is 0 Å². The van der Waals surface area contributed by atoms with Gasteiger partial charge in [-0.05, 0) is 98.6 Å². The highest BCUT2D eigenvalue weighted by Crippen LogP contribution is 2.38. The van der Waals surface area contributed by atoms with E-state index in [1.165, 1.54) is 66.2 Å². The highest BCUT2D eigenvalue weighted by Gasteiger charge is 2.10. The molecule has 0 amide bonds. The minimum Gasteiger partial charge on any atom is -0.126 e. The van der Waals surface area contributed by atoms with Crippen molar-refractivity contribution in [3.8, 4) is 0 Å². The third-order valence-electron chi connectivity index (χ3n) is 4.09. The Labute approximate surface area is 167 Å². The summed E-state index contributed by atoms with van der Waals surface area (Å²) in [7, 11) is 0. The van der Waals surface area contributed by atoms with Crippen LogP contribution in [0.4, 0.5) is 0 Å². The van der Waals surface area contributed by atoms with Gasteiger partial charge in [-0.15, -0.1) is 23.5 Å². The molecule has 0 aliphatic heterocycles. The lowest BCUT2D eigenvalue weighted by Crippen LogP contribution is -1.91. The van der Waals surface area contributed by atoms with E-state index < -0.39 is 0 Å². The number of thioether (sulfide) groups is 2. The lowest BCUT2D eigenvalue weighted by atomic mass is 10.2. The van der Waals surface area contributed by atoms with Gasteiger partial charge in [0.15, 0.2) is 0 Å². The second-order valence-electron chi connectivity index (χ2n) is 6.57. The standard InChI is InChI=1S/C22H30S3/c1-7-9-23-19-11-17(5)21(13-15(19)3)25-22-14-16(4)20(12-18(22)6)24-10-8-2/h11-14H,7-10H2,1-6H3. The van der Waals surface area contributed by atoms with Gasteiger partial charge in [-0.25, -0.2) is 0 Å². The molecule has 0 aromatic heterocycles. The molecule has 0 radical (unpaired) electrons. The van der Waals surface area contributed by atoms with E-state index in [9.17, 15) is 0 Å². The van der Waals surface area contributed by atoms with Crippen LogP contribution < -0.4 is 0 Å². The number of rotatable bonds is 8. The Balaban J connectivity index is 2.24. The van der Waals surface area contributed by atoms with Crippen LogP contribution in [0.2, 0.25) is 0 Å². The summed E-state index contributed by atoms with van der Waals surface area (Å²) in [6.45, 7) is 13.4. The molecule has 0 aliphatic rings. The first-order valence-electron chi connectivity index (χ1n) is 9.12. The summed E-state index contributed by atoms with van der Waals surface area (Å²) in [4.78, 5) is 5.63. The average molecular weight is 391 g/mol. The summed E-state index contributed by atoms with van der Waals surface area (Å²) in [6.07, 6.45) is 2.45. The van der Waals surface area contributed by atoms with Crippen molar-refractivity contribution in [1.82, 2.24) is 0 Å². The Morgan fingerprint density at radius 3 is 1.24 bits per heavy atom. The summed E-state index contributed by atoms with van der Waals surface area (Å²) in [5.74, 6) is 2.39. The van der Waals surface area contributed by atoms with Gasteiger partial charge in [0.05, 0.1) is 0 Å². The number of aryl methyl sites for hydroxylation is 4. The fraction of sp³-hybridized carbons (Fsp3) is 0.455. The van der Waals surface area contributed by atoms with E-state index in [4.69, 9.17) is 0 Å². The Bertz CT molecular complexity index is 658. The van der Waals surface area contributed by atoms with Crippen LogP contribution in [0.5, 0.6) is 0 Å².